The summed E-state index contributed by atoms with van der Waals surface area (Å²) in [6.45, 7) is 26.8. The van der Waals surface area contributed by atoms with Crippen LogP contribution in [-0.4, -0.2) is 37.6 Å². The van der Waals surface area contributed by atoms with E-state index in [4.69, 9.17) is 4.74 Å². The van der Waals surface area contributed by atoms with Crippen LogP contribution >= 0.6 is 0 Å². The number of piperidine rings is 1. The summed E-state index contributed by atoms with van der Waals surface area (Å²) in [4.78, 5) is 14.2. The van der Waals surface area contributed by atoms with Crippen LogP contribution < -0.4 is 0 Å². The lowest BCUT2D eigenvalue weighted by Gasteiger charge is -2.39. The third kappa shape index (κ3) is 9.41. The highest BCUT2D eigenvalue weighted by Gasteiger charge is 2.44. The Morgan fingerprint density at radius 2 is 1.57 bits per heavy atom. The summed E-state index contributed by atoms with van der Waals surface area (Å²) in [5, 5.41) is 0. The smallest absolute Gasteiger partial charge is 0.306 e. The molecule has 1 heterocycles. The Morgan fingerprint density at radius 1 is 1.11 bits per heavy atom. The van der Waals surface area contributed by atoms with Gasteiger partial charge in [0.1, 0.15) is 0 Å². The summed E-state index contributed by atoms with van der Waals surface area (Å²) >= 11 is 0. The quantitative estimate of drug-likeness (QED) is 0.467. The summed E-state index contributed by atoms with van der Waals surface area (Å²) in [5.41, 5.74) is 3.06. The number of likely N-dealkylation sites (tertiary alicyclic amines) is 1. The summed E-state index contributed by atoms with van der Waals surface area (Å²) in [6, 6.07) is 0. The minimum atomic E-state index is -0.0744. The van der Waals surface area contributed by atoms with Crippen LogP contribution in [0.1, 0.15) is 94.9 Å². The first-order valence-corrected chi connectivity index (χ1v) is 11.7. The van der Waals surface area contributed by atoms with E-state index in [0.717, 1.165) is 19.5 Å². The number of ether oxygens (including phenoxy) is 1. The SMILES string of the molecule is C=CC1=C(C)C2(CCN(C)CC2)CC1CC(=O)OCC.CC.CC.CC.CC. The molecule has 1 unspecified atom stereocenters. The summed E-state index contributed by atoms with van der Waals surface area (Å²) in [6.07, 6.45) is 5.96. The van der Waals surface area contributed by atoms with E-state index in [1.165, 1.54) is 24.0 Å². The lowest BCUT2D eigenvalue weighted by atomic mass is 9.72. The highest BCUT2D eigenvalue weighted by molar-refractivity contribution is 5.70. The molecule has 28 heavy (non-hydrogen) atoms. The van der Waals surface area contributed by atoms with E-state index in [2.05, 4.69) is 25.5 Å². The van der Waals surface area contributed by atoms with Gasteiger partial charge in [0.15, 0.2) is 0 Å². The predicted molar refractivity (Wildman–Crippen MR) is 127 cm³/mol. The molecule has 1 fully saturated rings. The van der Waals surface area contributed by atoms with Crippen molar-refractivity contribution in [3.05, 3.63) is 23.8 Å². The summed E-state index contributed by atoms with van der Waals surface area (Å²) in [5.74, 6) is 0.226. The first-order valence-electron chi connectivity index (χ1n) is 11.7. The Bertz CT molecular complexity index is 418. The fourth-order valence-electron chi connectivity index (χ4n) is 3.90. The molecule has 0 radical (unpaired) electrons. The molecule has 2 rings (SSSR count). The Balaban J connectivity index is -0.000000695. The van der Waals surface area contributed by atoms with E-state index < -0.39 is 0 Å². The third-order valence-corrected chi connectivity index (χ3v) is 5.19. The van der Waals surface area contributed by atoms with Crippen molar-refractivity contribution >= 4 is 5.97 Å². The van der Waals surface area contributed by atoms with Gasteiger partial charge >= 0.3 is 5.97 Å². The van der Waals surface area contributed by atoms with Gasteiger partial charge in [-0.2, -0.15) is 0 Å². The van der Waals surface area contributed by atoms with Crippen molar-refractivity contribution in [2.45, 2.75) is 94.9 Å². The first kappa shape index (κ1) is 31.6. The number of esters is 1. The Labute approximate surface area is 177 Å². The van der Waals surface area contributed by atoms with Crippen molar-refractivity contribution in [3.8, 4) is 0 Å². The fraction of sp³-hybridized carbons (Fsp3) is 0.800. The zero-order chi connectivity index (χ0) is 22.8. The van der Waals surface area contributed by atoms with Gasteiger partial charge < -0.3 is 9.64 Å². The van der Waals surface area contributed by atoms with Crippen molar-refractivity contribution in [1.29, 1.82) is 0 Å². The van der Waals surface area contributed by atoms with E-state index in [9.17, 15) is 4.79 Å². The monoisotopic (exact) mass is 397 g/mol. The second-order valence-electron chi connectivity index (χ2n) is 6.28. The highest BCUT2D eigenvalue weighted by Crippen LogP contribution is 2.53. The molecule has 1 saturated heterocycles. The molecule has 0 saturated carbocycles. The van der Waals surface area contributed by atoms with Crippen LogP contribution in [0.25, 0.3) is 0 Å². The standard InChI is InChI=1S/C17H27NO2.4C2H6/c1-5-15-13(3)17(7-9-18(4)10-8-17)12-14(15)11-16(19)20-6-2;4*1-2/h5,14H,1,6-12H2,2-4H3;4*1-2H3. The lowest BCUT2D eigenvalue weighted by molar-refractivity contribution is -0.144. The number of carbonyl (C=O) groups is 1. The maximum absolute atomic E-state index is 11.8. The minimum absolute atomic E-state index is 0.0744. The number of rotatable bonds is 4. The fourth-order valence-corrected chi connectivity index (χ4v) is 3.90. The molecule has 0 aromatic rings. The molecule has 0 aromatic heterocycles. The van der Waals surface area contributed by atoms with Crippen LogP contribution in [0, 0.1) is 11.3 Å². The molecule has 0 amide bonds. The molecule has 1 atom stereocenters. The van der Waals surface area contributed by atoms with Gasteiger partial charge in [0.25, 0.3) is 0 Å². The molecule has 168 valence electrons. The number of carbonyl (C=O) groups excluding carboxylic acids is 1. The average Bonchev–Trinajstić information content (AvgIpc) is 3.01. The Kier molecular flexibility index (Phi) is 21.7. The number of nitrogens with zero attached hydrogens (tertiary/aromatic N) is 1. The van der Waals surface area contributed by atoms with E-state index in [-0.39, 0.29) is 5.97 Å². The first-order chi connectivity index (χ1) is 13.5. The predicted octanol–water partition coefficient (Wildman–Crippen LogP) is 7.28. The van der Waals surface area contributed by atoms with E-state index in [1.807, 2.05) is 68.4 Å². The Hall–Kier alpha value is -1.09. The van der Waals surface area contributed by atoms with Crippen LogP contribution in [0.3, 0.4) is 0 Å². The summed E-state index contributed by atoms with van der Waals surface area (Å²) < 4.78 is 5.12. The molecule has 1 aliphatic heterocycles. The lowest BCUT2D eigenvalue weighted by Crippen LogP contribution is -2.37. The van der Waals surface area contributed by atoms with Crippen molar-refractivity contribution < 1.29 is 9.53 Å². The van der Waals surface area contributed by atoms with Crippen LogP contribution in [0.15, 0.2) is 23.8 Å². The zero-order valence-electron chi connectivity index (χ0n) is 21.1. The Morgan fingerprint density at radius 3 is 1.96 bits per heavy atom. The van der Waals surface area contributed by atoms with Gasteiger partial charge in [0.05, 0.1) is 13.0 Å². The molecule has 2 aliphatic rings. The zero-order valence-corrected chi connectivity index (χ0v) is 21.1. The molecule has 3 heteroatoms. The van der Waals surface area contributed by atoms with Crippen LogP contribution in [-0.2, 0) is 9.53 Å². The molecule has 1 aliphatic carbocycles. The van der Waals surface area contributed by atoms with E-state index in [1.54, 1.807) is 0 Å². The minimum Gasteiger partial charge on any atom is -0.466 e. The summed E-state index contributed by atoms with van der Waals surface area (Å²) in [7, 11) is 2.19. The van der Waals surface area contributed by atoms with E-state index in [0.29, 0.717) is 24.4 Å². The average molecular weight is 398 g/mol. The van der Waals surface area contributed by atoms with Crippen LogP contribution in [0.4, 0.5) is 0 Å². The van der Waals surface area contributed by atoms with Gasteiger partial charge in [0, 0.05) is 0 Å². The van der Waals surface area contributed by atoms with Gasteiger partial charge in [-0.05, 0) is 70.2 Å². The molecular formula is C25H51NO2. The van der Waals surface area contributed by atoms with E-state index >= 15 is 0 Å². The maximum atomic E-state index is 11.8. The van der Waals surface area contributed by atoms with Gasteiger partial charge in [-0.15, -0.1) is 0 Å². The number of hydrogen-bond donors (Lipinski definition) is 0. The van der Waals surface area contributed by atoms with Gasteiger partial charge in [-0.1, -0.05) is 73.6 Å². The molecule has 1 spiro atoms. The molecular weight excluding hydrogens is 346 g/mol. The van der Waals surface area contributed by atoms with Crippen molar-refractivity contribution in [1.82, 2.24) is 4.90 Å². The maximum Gasteiger partial charge on any atom is 0.306 e. The van der Waals surface area contributed by atoms with Crippen LogP contribution in [0.5, 0.6) is 0 Å². The van der Waals surface area contributed by atoms with Crippen molar-refractivity contribution in [2.24, 2.45) is 11.3 Å². The highest BCUT2D eigenvalue weighted by atomic mass is 16.5. The molecule has 0 aromatic carbocycles. The topological polar surface area (TPSA) is 29.5 Å². The molecule has 0 N–H and O–H groups in total. The second-order valence-corrected chi connectivity index (χ2v) is 6.28. The normalized spacial score (nSPS) is 19.5. The van der Waals surface area contributed by atoms with Crippen molar-refractivity contribution in [3.63, 3.8) is 0 Å². The van der Waals surface area contributed by atoms with Gasteiger partial charge in [-0.3, -0.25) is 4.79 Å². The number of allylic oxidation sites excluding steroid dienone is 3. The van der Waals surface area contributed by atoms with Gasteiger partial charge in [-0.25, -0.2) is 0 Å². The molecule has 0 bridgehead atoms. The van der Waals surface area contributed by atoms with Crippen molar-refractivity contribution in [2.75, 3.05) is 26.7 Å². The van der Waals surface area contributed by atoms with Crippen LogP contribution in [0.2, 0.25) is 0 Å². The van der Waals surface area contributed by atoms with Gasteiger partial charge in [0.2, 0.25) is 0 Å². The molecule has 3 nitrogen and oxygen atoms in total. The largest absolute Gasteiger partial charge is 0.466 e. The third-order valence-electron chi connectivity index (χ3n) is 5.19. The number of hydrogen-bond acceptors (Lipinski definition) is 3. The second kappa shape index (κ2) is 19.2.